The first-order chi connectivity index (χ1) is 8.19. The first-order valence-electron chi connectivity index (χ1n) is 5.59. The third-order valence-electron chi connectivity index (χ3n) is 2.42. The lowest BCUT2D eigenvalue weighted by Gasteiger charge is -2.04. The molecule has 0 bridgehead atoms. The number of amides is 1. The lowest BCUT2D eigenvalue weighted by molar-refractivity contribution is -0.117. The van der Waals surface area contributed by atoms with E-state index in [1.807, 2.05) is 19.1 Å². The molecule has 0 aliphatic rings. The van der Waals surface area contributed by atoms with E-state index in [0.717, 1.165) is 12.0 Å². The van der Waals surface area contributed by atoms with Crippen molar-refractivity contribution in [3.05, 3.63) is 35.4 Å². The number of ether oxygens (including phenoxy) is 1. The largest absolute Gasteiger partial charge is 0.383 e. The highest BCUT2D eigenvalue weighted by Gasteiger charge is 2.14. The summed E-state index contributed by atoms with van der Waals surface area (Å²) >= 11 is 0. The van der Waals surface area contributed by atoms with Crippen LogP contribution in [0, 0.1) is 0 Å². The summed E-state index contributed by atoms with van der Waals surface area (Å²) in [6.45, 7) is 2.77. The van der Waals surface area contributed by atoms with Gasteiger partial charge in [-0.25, -0.2) is 0 Å². The molecule has 1 aromatic rings. The molecule has 0 atom stereocenters. The van der Waals surface area contributed by atoms with Gasteiger partial charge in [0.15, 0.2) is 0 Å². The summed E-state index contributed by atoms with van der Waals surface area (Å²) < 4.78 is 4.78. The Bertz CT molecular complexity index is 384. The van der Waals surface area contributed by atoms with E-state index in [-0.39, 0.29) is 0 Å². The zero-order chi connectivity index (χ0) is 12.7. The summed E-state index contributed by atoms with van der Waals surface area (Å²) in [4.78, 5) is 23.1. The molecule has 4 nitrogen and oxygen atoms in total. The summed E-state index contributed by atoms with van der Waals surface area (Å²) in [5, 5.41) is 2.50. The van der Waals surface area contributed by atoms with E-state index in [1.54, 1.807) is 12.1 Å². The zero-order valence-corrected chi connectivity index (χ0v) is 10.2. The number of hydrogen-bond acceptors (Lipinski definition) is 3. The summed E-state index contributed by atoms with van der Waals surface area (Å²) in [6, 6.07) is 7.07. The number of ketones is 1. The van der Waals surface area contributed by atoms with Crippen LogP contribution >= 0.6 is 0 Å². The van der Waals surface area contributed by atoms with E-state index in [4.69, 9.17) is 4.74 Å². The number of benzene rings is 1. The number of hydrogen-bond donors (Lipinski definition) is 1. The average Bonchev–Trinajstić information content (AvgIpc) is 2.38. The minimum atomic E-state index is -0.591. The van der Waals surface area contributed by atoms with E-state index in [2.05, 4.69) is 5.32 Å². The van der Waals surface area contributed by atoms with Crippen molar-refractivity contribution in [2.45, 2.75) is 13.3 Å². The smallest absolute Gasteiger partial charge is 0.292 e. The van der Waals surface area contributed by atoms with Gasteiger partial charge in [0.05, 0.1) is 6.61 Å². The second-order valence-electron chi connectivity index (χ2n) is 3.63. The van der Waals surface area contributed by atoms with Crippen molar-refractivity contribution in [1.29, 1.82) is 0 Å². The Morgan fingerprint density at radius 3 is 2.41 bits per heavy atom. The van der Waals surface area contributed by atoms with Crippen molar-refractivity contribution in [1.82, 2.24) is 5.32 Å². The van der Waals surface area contributed by atoms with Crippen LogP contribution in [0.4, 0.5) is 0 Å². The summed E-state index contributed by atoms with van der Waals surface area (Å²) in [5.74, 6) is -1.10. The van der Waals surface area contributed by atoms with Crippen LogP contribution in [0.3, 0.4) is 0 Å². The van der Waals surface area contributed by atoms with Crippen molar-refractivity contribution in [3.63, 3.8) is 0 Å². The summed E-state index contributed by atoms with van der Waals surface area (Å²) in [7, 11) is 1.54. The summed E-state index contributed by atoms with van der Waals surface area (Å²) in [5.41, 5.74) is 1.55. The maximum Gasteiger partial charge on any atom is 0.292 e. The van der Waals surface area contributed by atoms with E-state index in [9.17, 15) is 9.59 Å². The van der Waals surface area contributed by atoms with E-state index in [1.165, 1.54) is 7.11 Å². The van der Waals surface area contributed by atoms with Crippen molar-refractivity contribution < 1.29 is 14.3 Å². The molecule has 4 heteroatoms. The van der Waals surface area contributed by atoms with Crippen LogP contribution < -0.4 is 5.32 Å². The molecular formula is C13H17NO3. The van der Waals surface area contributed by atoms with Gasteiger partial charge in [-0.3, -0.25) is 9.59 Å². The quantitative estimate of drug-likeness (QED) is 0.458. The molecule has 0 saturated heterocycles. The monoisotopic (exact) mass is 235 g/mol. The van der Waals surface area contributed by atoms with E-state index >= 15 is 0 Å². The topological polar surface area (TPSA) is 55.4 Å². The molecule has 1 amide bonds. The van der Waals surface area contributed by atoms with Crippen LogP contribution in [0.2, 0.25) is 0 Å². The Kier molecular flexibility index (Phi) is 5.36. The Morgan fingerprint density at radius 2 is 1.88 bits per heavy atom. The van der Waals surface area contributed by atoms with Gasteiger partial charge in [-0.2, -0.15) is 0 Å². The Labute approximate surface area is 101 Å². The number of methoxy groups -OCH3 is 1. The number of Topliss-reactive ketones (excluding diaryl/α,β-unsaturated/α-hetero) is 1. The maximum absolute atomic E-state index is 11.7. The van der Waals surface area contributed by atoms with Crippen molar-refractivity contribution in [3.8, 4) is 0 Å². The van der Waals surface area contributed by atoms with Gasteiger partial charge < -0.3 is 10.1 Å². The van der Waals surface area contributed by atoms with E-state index < -0.39 is 11.7 Å². The van der Waals surface area contributed by atoms with Crippen LogP contribution in [-0.4, -0.2) is 32.0 Å². The number of carbonyl (C=O) groups is 2. The minimum absolute atomic E-state index is 0.341. The number of aryl methyl sites for hydroxylation is 1. The summed E-state index contributed by atoms with van der Waals surface area (Å²) in [6.07, 6.45) is 0.911. The molecule has 17 heavy (non-hydrogen) atoms. The van der Waals surface area contributed by atoms with Crippen LogP contribution in [0.15, 0.2) is 24.3 Å². The number of nitrogens with one attached hydrogen (secondary N) is 1. The second kappa shape index (κ2) is 6.81. The highest BCUT2D eigenvalue weighted by molar-refractivity contribution is 6.42. The van der Waals surface area contributed by atoms with Crippen LogP contribution in [0.1, 0.15) is 22.8 Å². The molecule has 0 aliphatic heterocycles. The molecular weight excluding hydrogens is 218 g/mol. The van der Waals surface area contributed by atoms with Gasteiger partial charge in [-0.05, 0) is 12.0 Å². The fourth-order valence-corrected chi connectivity index (χ4v) is 1.37. The number of carbonyl (C=O) groups excluding carboxylic acids is 2. The molecule has 0 aromatic heterocycles. The molecule has 0 radical (unpaired) electrons. The fourth-order valence-electron chi connectivity index (χ4n) is 1.37. The van der Waals surface area contributed by atoms with Crippen LogP contribution in [0.5, 0.6) is 0 Å². The molecule has 1 N–H and O–H groups in total. The zero-order valence-electron chi connectivity index (χ0n) is 10.2. The normalized spacial score (nSPS) is 10.0. The van der Waals surface area contributed by atoms with Gasteiger partial charge in [-0.15, -0.1) is 0 Å². The van der Waals surface area contributed by atoms with Crippen molar-refractivity contribution >= 4 is 11.7 Å². The molecule has 1 aromatic carbocycles. The SMILES string of the molecule is CCc1ccc(C(=O)C(=O)NCCOC)cc1. The lowest BCUT2D eigenvalue weighted by Crippen LogP contribution is -2.33. The molecule has 0 aliphatic carbocycles. The highest BCUT2D eigenvalue weighted by Crippen LogP contribution is 2.05. The maximum atomic E-state index is 11.7. The third kappa shape index (κ3) is 4.00. The van der Waals surface area contributed by atoms with Crippen LogP contribution in [-0.2, 0) is 16.0 Å². The van der Waals surface area contributed by atoms with Crippen molar-refractivity contribution in [2.75, 3.05) is 20.3 Å². The molecule has 0 unspecified atom stereocenters. The van der Waals surface area contributed by atoms with Gasteiger partial charge in [0, 0.05) is 19.2 Å². The third-order valence-corrected chi connectivity index (χ3v) is 2.42. The molecule has 1 rings (SSSR count). The molecule has 92 valence electrons. The van der Waals surface area contributed by atoms with Gasteiger partial charge in [0.25, 0.3) is 5.91 Å². The standard InChI is InChI=1S/C13H17NO3/c1-3-10-4-6-11(7-5-10)12(15)13(16)14-8-9-17-2/h4-7H,3,8-9H2,1-2H3,(H,14,16). The van der Waals surface area contributed by atoms with Gasteiger partial charge in [0.2, 0.25) is 5.78 Å². The lowest BCUT2D eigenvalue weighted by atomic mass is 10.1. The second-order valence-corrected chi connectivity index (χ2v) is 3.63. The molecule has 0 heterocycles. The average molecular weight is 235 g/mol. The van der Waals surface area contributed by atoms with Gasteiger partial charge in [0.1, 0.15) is 0 Å². The predicted octanol–water partition coefficient (Wildman–Crippen LogP) is 1.19. The first-order valence-corrected chi connectivity index (χ1v) is 5.59. The van der Waals surface area contributed by atoms with Crippen molar-refractivity contribution in [2.24, 2.45) is 0 Å². The van der Waals surface area contributed by atoms with E-state index in [0.29, 0.717) is 18.7 Å². The van der Waals surface area contributed by atoms with Gasteiger partial charge in [-0.1, -0.05) is 31.2 Å². The molecule has 0 spiro atoms. The minimum Gasteiger partial charge on any atom is -0.383 e. The van der Waals surface area contributed by atoms with Crippen LogP contribution in [0.25, 0.3) is 0 Å². The molecule has 0 saturated carbocycles. The van der Waals surface area contributed by atoms with Gasteiger partial charge >= 0.3 is 0 Å². The predicted molar refractivity (Wildman–Crippen MR) is 65.0 cm³/mol. The Balaban J connectivity index is 2.58. The fraction of sp³-hybridized carbons (Fsp3) is 0.385. The Hall–Kier alpha value is -1.68. The number of rotatable bonds is 6. The Morgan fingerprint density at radius 1 is 1.24 bits per heavy atom. The first kappa shape index (κ1) is 13.4. The molecule has 0 fully saturated rings. The highest BCUT2D eigenvalue weighted by atomic mass is 16.5.